The first-order valence-electron chi connectivity index (χ1n) is 7.05. The standard InChI is InChI=1S/C15H19FN2O3/c16-10-5-6-12(11(9-10)13(17)19)18-15(14(20)21)7-3-1-2-4-8-15/h5-6,9,18H,1-4,7-8H2,(H2,17,19)(H,20,21). The maximum absolute atomic E-state index is 13.3. The summed E-state index contributed by atoms with van der Waals surface area (Å²) in [5.74, 6) is -2.32. The zero-order chi connectivity index (χ0) is 15.5. The van der Waals surface area contributed by atoms with Crippen molar-refractivity contribution in [3.05, 3.63) is 29.6 Å². The molecular weight excluding hydrogens is 275 g/mol. The summed E-state index contributed by atoms with van der Waals surface area (Å²) in [5, 5.41) is 12.6. The van der Waals surface area contributed by atoms with E-state index in [4.69, 9.17) is 5.73 Å². The number of carbonyl (C=O) groups excluding carboxylic acids is 1. The Hall–Kier alpha value is -2.11. The van der Waals surface area contributed by atoms with Crippen LogP contribution in [0.1, 0.15) is 48.9 Å². The number of nitrogens with two attached hydrogens (primary N) is 1. The molecule has 0 radical (unpaired) electrons. The maximum Gasteiger partial charge on any atom is 0.329 e. The molecular formula is C15H19FN2O3. The van der Waals surface area contributed by atoms with E-state index in [-0.39, 0.29) is 11.3 Å². The van der Waals surface area contributed by atoms with Gasteiger partial charge in [-0.2, -0.15) is 0 Å². The summed E-state index contributed by atoms with van der Waals surface area (Å²) in [5.41, 5.74) is 4.36. The smallest absolute Gasteiger partial charge is 0.329 e. The van der Waals surface area contributed by atoms with E-state index in [0.717, 1.165) is 31.7 Å². The highest BCUT2D eigenvalue weighted by molar-refractivity contribution is 5.99. The molecule has 0 saturated heterocycles. The van der Waals surface area contributed by atoms with E-state index in [1.54, 1.807) is 0 Å². The van der Waals surface area contributed by atoms with Gasteiger partial charge in [0.1, 0.15) is 11.4 Å². The minimum absolute atomic E-state index is 0.0279. The van der Waals surface area contributed by atoms with Crippen molar-refractivity contribution >= 4 is 17.6 Å². The molecule has 0 unspecified atom stereocenters. The van der Waals surface area contributed by atoms with Crippen LogP contribution in [0.4, 0.5) is 10.1 Å². The van der Waals surface area contributed by atoms with E-state index in [2.05, 4.69) is 5.32 Å². The highest BCUT2D eigenvalue weighted by Crippen LogP contribution is 2.32. The molecule has 21 heavy (non-hydrogen) atoms. The summed E-state index contributed by atoms with van der Waals surface area (Å²) < 4.78 is 13.3. The van der Waals surface area contributed by atoms with Crippen LogP contribution in [0.15, 0.2) is 18.2 Å². The van der Waals surface area contributed by atoms with Gasteiger partial charge in [0, 0.05) is 5.69 Å². The molecule has 0 aromatic heterocycles. The topological polar surface area (TPSA) is 92.4 Å². The van der Waals surface area contributed by atoms with E-state index >= 15 is 0 Å². The Morgan fingerprint density at radius 2 is 1.81 bits per heavy atom. The molecule has 2 rings (SSSR count). The quantitative estimate of drug-likeness (QED) is 0.744. The third-order valence-corrected chi connectivity index (χ3v) is 3.99. The van der Waals surface area contributed by atoms with Gasteiger partial charge in [0.25, 0.3) is 5.91 Å². The minimum Gasteiger partial charge on any atom is -0.480 e. The van der Waals surface area contributed by atoms with Gasteiger partial charge in [-0.3, -0.25) is 4.79 Å². The van der Waals surface area contributed by atoms with Crippen molar-refractivity contribution in [2.24, 2.45) is 5.73 Å². The number of aliphatic carboxylic acids is 1. The van der Waals surface area contributed by atoms with Crippen molar-refractivity contribution in [1.29, 1.82) is 0 Å². The van der Waals surface area contributed by atoms with Crippen LogP contribution in [0, 0.1) is 5.82 Å². The number of nitrogens with one attached hydrogen (secondary N) is 1. The summed E-state index contributed by atoms with van der Waals surface area (Å²) in [4.78, 5) is 23.2. The average Bonchev–Trinajstić information content (AvgIpc) is 2.67. The molecule has 114 valence electrons. The molecule has 0 bridgehead atoms. The van der Waals surface area contributed by atoms with Crippen LogP contribution in [0.3, 0.4) is 0 Å². The molecule has 1 aromatic rings. The third kappa shape index (κ3) is 3.32. The lowest BCUT2D eigenvalue weighted by molar-refractivity contribution is -0.142. The fourth-order valence-corrected chi connectivity index (χ4v) is 2.81. The first-order valence-corrected chi connectivity index (χ1v) is 7.05. The number of carboxylic acid groups (broad SMARTS) is 1. The van der Waals surface area contributed by atoms with Gasteiger partial charge in [-0.25, -0.2) is 9.18 Å². The molecule has 1 aromatic carbocycles. The Morgan fingerprint density at radius 1 is 1.19 bits per heavy atom. The van der Waals surface area contributed by atoms with Crippen molar-refractivity contribution in [2.75, 3.05) is 5.32 Å². The van der Waals surface area contributed by atoms with E-state index in [1.165, 1.54) is 12.1 Å². The van der Waals surface area contributed by atoms with Crippen LogP contribution in [0.2, 0.25) is 0 Å². The largest absolute Gasteiger partial charge is 0.480 e. The van der Waals surface area contributed by atoms with Crippen LogP contribution in [0.5, 0.6) is 0 Å². The molecule has 4 N–H and O–H groups in total. The zero-order valence-electron chi connectivity index (χ0n) is 11.7. The first-order chi connectivity index (χ1) is 9.94. The van der Waals surface area contributed by atoms with Gasteiger partial charge in [-0.15, -0.1) is 0 Å². The van der Waals surface area contributed by atoms with Gasteiger partial charge in [0.2, 0.25) is 0 Å². The van der Waals surface area contributed by atoms with E-state index in [9.17, 15) is 19.1 Å². The van der Waals surface area contributed by atoms with Crippen LogP contribution >= 0.6 is 0 Å². The molecule has 1 amide bonds. The zero-order valence-corrected chi connectivity index (χ0v) is 11.7. The van der Waals surface area contributed by atoms with Gasteiger partial charge in [0.05, 0.1) is 5.56 Å². The number of primary amides is 1. The predicted molar refractivity (Wildman–Crippen MR) is 76.6 cm³/mol. The predicted octanol–water partition coefficient (Wildman–Crippen LogP) is 2.51. The monoisotopic (exact) mass is 294 g/mol. The summed E-state index contributed by atoms with van der Waals surface area (Å²) in [6, 6.07) is 3.57. The fraction of sp³-hybridized carbons (Fsp3) is 0.467. The van der Waals surface area contributed by atoms with Crippen molar-refractivity contribution < 1.29 is 19.1 Å². The number of hydrogen-bond donors (Lipinski definition) is 3. The second-order valence-corrected chi connectivity index (χ2v) is 5.48. The average molecular weight is 294 g/mol. The maximum atomic E-state index is 13.3. The lowest BCUT2D eigenvalue weighted by atomic mass is 9.89. The Bertz CT molecular complexity index is 552. The van der Waals surface area contributed by atoms with E-state index in [1.807, 2.05) is 0 Å². The molecule has 1 aliphatic carbocycles. The number of rotatable bonds is 4. The highest BCUT2D eigenvalue weighted by Gasteiger charge is 2.39. The van der Waals surface area contributed by atoms with Crippen molar-refractivity contribution in [2.45, 2.75) is 44.1 Å². The fourth-order valence-electron chi connectivity index (χ4n) is 2.81. The Morgan fingerprint density at radius 3 is 2.33 bits per heavy atom. The molecule has 0 atom stereocenters. The van der Waals surface area contributed by atoms with Crippen molar-refractivity contribution in [3.63, 3.8) is 0 Å². The molecule has 0 spiro atoms. The molecule has 5 nitrogen and oxygen atoms in total. The lowest BCUT2D eigenvalue weighted by Crippen LogP contribution is -2.46. The number of anilines is 1. The molecule has 1 aliphatic rings. The number of halogens is 1. The molecule has 0 heterocycles. The number of amides is 1. The Balaban J connectivity index is 2.37. The van der Waals surface area contributed by atoms with Gasteiger partial charge in [0.15, 0.2) is 0 Å². The highest BCUT2D eigenvalue weighted by atomic mass is 19.1. The van der Waals surface area contributed by atoms with E-state index in [0.29, 0.717) is 12.8 Å². The molecule has 1 saturated carbocycles. The van der Waals surface area contributed by atoms with Gasteiger partial charge < -0.3 is 16.2 Å². The second kappa shape index (κ2) is 6.11. The molecule has 6 heteroatoms. The van der Waals surface area contributed by atoms with Crippen molar-refractivity contribution in [1.82, 2.24) is 0 Å². The lowest BCUT2D eigenvalue weighted by Gasteiger charge is -2.31. The molecule has 0 aliphatic heterocycles. The van der Waals surface area contributed by atoms with Gasteiger partial charge in [-0.05, 0) is 31.0 Å². The van der Waals surface area contributed by atoms with Gasteiger partial charge in [-0.1, -0.05) is 25.7 Å². The Kier molecular flexibility index (Phi) is 4.45. The summed E-state index contributed by atoms with van der Waals surface area (Å²) in [6.45, 7) is 0. The van der Waals surface area contributed by atoms with Crippen LogP contribution in [0.25, 0.3) is 0 Å². The van der Waals surface area contributed by atoms with Crippen LogP contribution in [-0.4, -0.2) is 22.5 Å². The third-order valence-electron chi connectivity index (χ3n) is 3.99. The first kappa shape index (κ1) is 15.3. The van der Waals surface area contributed by atoms with Gasteiger partial charge >= 0.3 is 5.97 Å². The van der Waals surface area contributed by atoms with Crippen LogP contribution < -0.4 is 11.1 Å². The number of carboxylic acids is 1. The number of carbonyl (C=O) groups is 2. The number of hydrogen-bond acceptors (Lipinski definition) is 3. The normalized spacial score (nSPS) is 17.8. The Labute approximate surface area is 122 Å². The summed E-state index contributed by atoms with van der Waals surface area (Å²) in [7, 11) is 0. The second-order valence-electron chi connectivity index (χ2n) is 5.48. The SMILES string of the molecule is NC(=O)c1cc(F)ccc1NC1(C(=O)O)CCCCCC1. The summed E-state index contributed by atoms with van der Waals surface area (Å²) in [6.07, 6.45) is 4.51. The van der Waals surface area contributed by atoms with Crippen molar-refractivity contribution in [3.8, 4) is 0 Å². The van der Waals surface area contributed by atoms with Crippen LogP contribution in [-0.2, 0) is 4.79 Å². The minimum atomic E-state index is -1.13. The number of benzene rings is 1. The summed E-state index contributed by atoms with van der Waals surface area (Å²) >= 11 is 0. The van der Waals surface area contributed by atoms with E-state index < -0.39 is 23.2 Å². The molecule has 1 fully saturated rings.